The lowest BCUT2D eigenvalue weighted by atomic mass is 9.79. The number of quaternary nitrogens is 1. The van der Waals surface area contributed by atoms with Gasteiger partial charge in [0.25, 0.3) is 0 Å². The van der Waals surface area contributed by atoms with Crippen LogP contribution >= 0.6 is 0 Å². The van der Waals surface area contributed by atoms with Crippen molar-refractivity contribution in [2.24, 2.45) is 0 Å². The molecule has 2 nitrogen and oxygen atoms in total. The normalized spacial score (nSPS) is 21.5. The number of aliphatic hydroxyl groups is 1. The second kappa shape index (κ2) is 7.29. The fourth-order valence-electron chi connectivity index (χ4n) is 4.07. The number of hydrogen-bond acceptors (Lipinski definition) is 1. The third kappa shape index (κ3) is 3.19. The molecule has 1 aliphatic heterocycles. The molecule has 2 aromatic carbocycles. The van der Waals surface area contributed by atoms with Crippen molar-refractivity contribution < 1.29 is 10.0 Å². The highest BCUT2D eigenvalue weighted by molar-refractivity contribution is 5.37. The molecular formula is C21H28NO+. The SMILES string of the molecule is CCCC[NH+]1CCC[C@H]1C(O)(c1ccccc1)c1ccccc1. The summed E-state index contributed by atoms with van der Waals surface area (Å²) in [6, 6.07) is 20.7. The summed E-state index contributed by atoms with van der Waals surface area (Å²) in [6.45, 7) is 4.57. The molecule has 2 heteroatoms. The summed E-state index contributed by atoms with van der Waals surface area (Å²) >= 11 is 0. The van der Waals surface area contributed by atoms with Crippen LogP contribution in [-0.4, -0.2) is 24.2 Å². The Hall–Kier alpha value is -1.64. The average Bonchev–Trinajstić information content (AvgIpc) is 3.10. The summed E-state index contributed by atoms with van der Waals surface area (Å²) in [7, 11) is 0. The highest BCUT2D eigenvalue weighted by Crippen LogP contribution is 2.34. The van der Waals surface area contributed by atoms with Crippen molar-refractivity contribution in [2.75, 3.05) is 13.1 Å². The fourth-order valence-corrected chi connectivity index (χ4v) is 4.07. The summed E-state index contributed by atoms with van der Waals surface area (Å²) < 4.78 is 0. The van der Waals surface area contributed by atoms with Gasteiger partial charge in [-0.25, -0.2) is 0 Å². The Morgan fingerprint density at radius 1 is 1.00 bits per heavy atom. The lowest BCUT2D eigenvalue weighted by Gasteiger charge is -2.37. The van der Waals surface area contributed by atoms with Gasteiger partial charge in [0.2, 0.25) is 0 Å². The van der Waals surface area contributed by atoms with Crippen molar-refractivity contribution in [1.82, 2.24) is 0 Å². The zero-order valence-corrected chi connectivity index (χ0v) is 14.0. The van der Waals surface area contributed by atoms with Gasteiger partial charge >= 0.3 is 0 Å². The van der Waals surface area contributed by atoms with Crippen LogP contribution in [0.4, 0.5) is 0 Å². The van der Waals surface area contributed by atoms with Gasteiger partial charge in [0.1, 0.15) is 6.04 Å². The van der Waals surface area contributed by atoms with E-state index in [4.69, 9.17) is 0 Å². The summed E-state index contributed by atoms with van der Waals surface area (Å²) in [5.41, 5.74) is 1.14. The van der Waals surface area contributed by atoms with Crippen LogP contribution in [0.15, 0.2) is 60.7 Å². The van der Waals surface area contributed by atoms with Crippen molar-refractivity contribution in [1.29, 1.82) is 0 Å². The van der Waals surface area contributed by atoms with Crippen LogP contribution in [0, 0.1) is 0 Å². The van der Waals surface area contributed by atoms with Crippen LogP contribution in [-0.2, 0) is 5.60 Å². The molecule has 122 valence electrons. The van der Waals surface area contributed by atoms with Gasteiger partial charge in [-0.3, -0.25) is 0 Å². The van der Waals surface area contributed by atoms with E-state index < -0.39 is 5.60 Å². The second-order valence-corrected chi connectivity index (χ2v) is 6.71. The minimum atomic E-state index is -0.901. The number of likely N-dealkylation sites (tertiary alicyclic amines) is 1. The summed E-state index contributed by atoms with van der Waals surface area (Å²) in [5.74, 6) is 0. The molecule has 1 unspecified atom stereocenters. The van der Waals surface area contributed by atoms with E-state index >= 15 is 0 Å². The van der Waals surface area contributed by atoms with Gasteiger partial charge in [-0.2, -0.15) is 0 Å². The van der Waals surface area contributed by atoms with E-state index in [2.05, 4.69) is 31.2 Å². The lowest BCUT2D eigenvalue weighted by Crippen LogP contribution is -3.15. The maximum absolute atomic E-state index is 11.9. The van der Waals surface area contributed by atoms with Gasteiger partial charge in [0, 0.05) is 12.8 Å². The van der Waals surface area contributed by atoms with Crippen LogP contribution in [0.2, 0.25) is 0 Å². The zero-order valence-electron chi connectivity index (χ0n) is 14.0. The topological polar surface area (TPSA) is 24.7 Å². The highest BCUT2D eigenvalue weighted by atomic mass is 16.3. The largest absolute Gasteiger partial charge is 0.374 e. The van der Waals surface area contributed by atoms with Gasteiger partial charge in [-0.05, 0) is 17.5 Å². The molecule has 2 N–H and O–H groups in total. The summed E-state index contributed by atoms with van der Waals surface area (Å²) in [5, 5.41) is 11.9. The lowest BCUT2D eigenvalue weighted by molar-refractivity contribution is -0.920. The molecule has 0 aliphatic carbocycles. The predicted octanol–water partition coefficient (Wildman–Crippen LogP) is 2.77. The standard InChI is InChI=1S/C21H27NO/c1-2-3-16-22-17-10-15-20(22)21(23,18-11-6-4-7-12-18)19-13-8-5-9-14-19/h4-9,11-14,20,23H,2-3,10,15-17H2,1H3/p+1/t20-/m0/s1. The molecule has 2 aromatic rings. The maximum atomic E-state index is 11.9. The average molecular weight is 310 g/mol. The van der Waals surface area contributed by atoms with Crippen molar-refractivity contribution >= 4 is 0 Å². The number of unbranched alkanes of at least 4 members (excludes halogenated alkanes) is 1. The molecule has 0 radical (unpaired) electrons. The van der Waals surface area contributed by atoms with Gasteiger partial charge in [0.05, 0.1) is 13.1 Å². The van der Waals surface area contributed by atoms with Gasteiger partial charge in [-0.15, -0.1) is 0 Å². The molecule has 3 rings (SSSR count). The second-order valence-electron chi connectivity index (χ2n) is 6.71. The van der Waals surface area contributed by atoms with E-state index in [1.165, 1.54) is 25.8 Å². The van der Waals surface area contributed by atoms with E-state index in [-0.39, 0.29) is 6.04 Å². The number of rotatable bonds is 6. The Bertz CT molecular complexity index is 556. The Labute approximate surface area is 139 Å². The van der Waals surface area contributed by atoms with Crippen molar-refractivity contribution in [2.45, 2.75) is 44.2 Å². The number of nitrogens with one attached hydrogen (secondary N) is 1. The van der Waals surface area contributed by atoms with E-state index in [9.17, 15) is 5.11 Å². The third-order valence-corrected chi connectivity index (χ3v) is 5.27. The van der Waals surface area contributed by atoms with Crippen molar-refractivity contribution in [3.8, 4) is 0 Å². The number of hydrogen-bond donors (Lipinski definition) is 2. The molecule has 0 saturated carbocycles. The molecule has 1 saturated heterocycles. The minimum Gasteiger partial charge on any atom is -0.374 e. The van der Waals surface area contributed by atoms with Gasteiger partial charge in [0.15, 0.2) is 5.60 Å². The first-order chi connectivity index (χ1) is 11.3. The molecule has 0 aromatic heterocycles. The Kier molecular flexibility index (Phi) is 5.14. The predicted molar refractivity (Wildman–Crippen MR) is 94.5 cm³/mol. The molecule has 0 amide bonds. The Morgan fingerprint density at radius 2 is 1.57 bits per heavy atom. The van der Waals surface area contributed by atoms with Gasteiger partial charge < -0.3 is 10.0 Å². The first-order valence-corrected chi connectivity index (χ1v) is 8.94. The van der Waals surface area contributed by atoms with Crippen molar-refractivity contribution in [3.05, 3.63) is 71.8 Å². The summed E-state index contributed by atoms with van der Waals surface area (Å²) in [4.78, 5) is 1.56. The van der Waals surface area contributed by atoms with Gasteiger partial charge in [-0.1, -0.05) is 74.0 Å². The monoisotopic (exact) mass is 310 g/mol. The van der Waals surface area contributed by atoms with Crippen molar-refractivity contribution in [3.63, 3.8) is 0 Å². The van der Waals surface area contributed by atoms with Crippen LogP contribution in [0.25, 0.3) is 0 Å². The Balaban J connectivity index is 2.02. The molecule has 0 bridgehead atoms. The minimum absolute atomic E-state index is 0.235. The highest BCUT2D eigenvalue weighted by Gasteiger charge is 2.48. The van der Waals surface area contributed by atoms with E-state index in [1.807, 2.05) is 36.4 Å². The van der Waals surface area contributed by atoms with Crippen LogP contribution in [0.3, 0.4) is 0 Å². The fraction of sp³-hybridized carbons (Fsp3) is 0.429. The van der Waals surface area contributed by atoms with Crippen LogP contribution in [0.1, 0.15) is 43.7 Å². The molecule has 0 spiro atoms. The molecule has 2 atom stereocenters. The Morgan fingerprint density at radius 3 is 2.09 bits per heavy atom. The first kappa shape index (κ1) is 16.2. The molecule has 1 heterocycles. The van der Waals surface area contributed by atoms with E-state index in [0.717, 1.165) is 24.1 Å². The van der Waals surface area contributed by atoms with E-state index in [1.54, 1.807) is 4.90 Å². The third-order valence-electron chi connectivity index (χ3n) is 5.27. The summed E-state index contributed by atoms with van der Waals surface area (Å²) in [6.07, 6.45) is 4.72. The molecule has 1 aliphatic rings. The van der Waals surface area contributed by atoms with Crippen LogP contribution in [0.5, 0.6) is 0 Å². The quantitative estimate of drug-likeness (QED) is 0.842. The maximum Gasteiger partial charge on any atom is 0.166 e. The first-order valence-electron chi connectivity index (χ1n) is 8.94. The molecule has 23 heavy (non-hydrogen) atoms. The molecular weight excluding hydrogens is 282 g/mol. The molecule has 1 fully saturated rings. The zero-order chi connectivity index (χ0) is 16.1. The van der Waals surface area contributed by atoms with Crippen LogP contribution < -0.4 is 4.90 Å². The van der Waals surface area contributed by atoms with E-state index in [0.29, 0.717) is 0 Å². The smallest absolute Gasteiger partial charge is 0.166 e. The number of benzene rings is 2.